The lowest BCUT2D eigenvalue weighted by molar-refractivity contribution is 0.0535. The van der Waals surface area contributed by atoms with Gasteiger partial charge in [0, 0.05) is 30.7 Å². The van der Waals surface area contributed by atoms with Crippen molar-refractivity contribution in [2.75, 3.05) is 33.9 Å². The Kier molecular flexibility index (Phi) is 6.30. The number of nitrogens with one attached hydrogen (secondary N) is 2. The topological polar surface area (TPSA) is 62.8 Å². The molecule has 2 aromatic rings. The molecule has 0 saturated carbocycles. The number of carbonyl (C=O) groups excluding carboxylic acids is 1. The number of nitrogens with zero attached hydrogens (tertiary/aromatic N) is 1. The van der Waals surface area contributed by atoms with Gasteiger partial charge in [0.25, 0.3) is 5.91 Å². The van der Waals surface area contributed by atoms with E-state index in [0.717, 1.165) is 49.7 Å². The van der Waals surface area contributed by atoms with E-state index in [4.69, 9.17) is 9.47 Å². The van der Waals surface area contributed by atoms with Crippen LogP contribution in [0.4, 0.5) is 0 Å². The van der Waals surface area contributed by atoms with Crippen LogP contribution in [0.1, 0.15) is 65.3 Å². The summed E-state index contributed by atoms with van der Waals surface area (Å²) in [5.41, 5.74) is 4.04. The summed E-state index contributed by atoms with van der Waals surface area (Å²) < 4.78 is 11.8. The van der Waals surface area contributed by atoms with Crippen LogP contribution in [-0.4, -0.2) is 50.7 Å². The van der Waals surface area contributed by atoms with Gasteiger partial charge in [0.1, 0.15) is 0 Å². The third kappa shape index (κ3) is 4.11. The van der Waals surface area contributed by atoms with E-state index in [1.165, 1.54) is 24.0 Å². The first-order valence-electron chi connectivity index (χ1n) is 12.2. The minimum atomic E-state index is -0.135. The Morgan fingerprint density at radius 1 is 1.18 bits per heavy atom. The van der Waals surface area contributed by atoms with Crippen LogP contribution in [0.2, 0.25) is 0 Å². The van der Waals surface area contributed by atoms with Gasteiger partial charge in [-0.3, -0.25) is 9.69 Å². The number of amides is 1. The van der Waals surface area contributed by atoms with Crippen molar-refractivity contribution in [2.45, 2.75) is 50.7 Å². The van der Waals surface area contributed by atoms with Crippen molar-refractivity contribution in [1.29, 1.82) is 0 Å². The third-order valence-electron chi connectivity index (χ3n) is 7.78. The molecule has 3 heterocycles. The Morgan fingerprint density at radius 2 is 1.97 bits per heavy atom. The summed E-state index contributed by atoms with van der Waals surface area (Å²) in [5, 5.41) is 6.90. The molecular formula is C27H35N3O3. The summed E-state index contributed by atoms with van der Waals surface area (Å²) in [6.45, 7) is 5.27. The average molecular weight is 450 g/mol. The average Bonchev–Trinajstić information content (AvgIpc) is 2.86. The molecule has 2 N–H and O–H groups in total. The van der Waals surface area contributed by atoms with E-state index in [0.29, 0.717) is 23.4 Å². The smallest absolute Gasteiger partial charge is 0.255 e. The van der Waals surface area contributed by atoms with Gasteiger partial charge in [-0.25, -0.2) is 0 Å². The Bertz CT molecular complexity index is 1010. The number of carbonyl (C=O) groups is 1. The largest absolute Gasteiger partial charge is 0.492 e. The van der Waals surface area contributed by atoms with Gasteiger partial charge in [-0.2, -0.15) is 0 Å². The van der Waals surface area contributed by atoms with E-state index in [2.05, 4.69) is 15.5 Å². The van der Waals surface area contributed by atoms with Gasteiger partial charge in [-0.1, -0.05) is 30.3 Å². The number of ether oxygens (including phenoxy) is 2. The van der Waals surface area contributed by atoms with Crippen molar-refractivity contribution in [1.82, 2.24) is 15.5 Å². The highest BCUT2D eigenvalue weighted by Gasteiger charge is 2.42. The lowest BCUT2D eigenvalue weighted by Crippen LogP contribution is -2.54. The van der Waals surface area contributed by atoms with Gasteiger partial charge < -0.3 is 20.1 Å². The highest BCUT2D eigenvalue weighted by molar-refractivity contribution is 5.98. The maximum atomic E-state index is 13.4. The van der Waals surface area contributed by atoms with Gasteiger partial charge in [0.15, 0.2) is 11.5 Å². The van der Waals surface area contributed by atoms with Gasteiger partial charge in [0.2, 0.25) is 0 Å². The molecule has 2 aromatic carbocycles. The number of methoxy groups -OCH3 is 2. The van der Waals surface area contributed by atoms with Crippen molar-refractivity contribution in [3.05, 3.63) is 58.7 Å². The Labute approximate surface area is 196 Å². The van der Waals surface area contributed by atoms with Crippen LogP contribution in [-0.2, 0) is 6.42 Å². The van der Waals surface area contributed by atoms with Crippen LogP contribution < -0.4 is 20.1 Å². The predicted octanol–water partition coefficient (Wildman–Crippen LogP) is 3.87. The molecule has 2 saturated heterocycles. The molecule has 3 aliphatic heterocycles. The lowest BCUT2D eigenvalue weighted by Gasteiger charge is -2.49. The summed E-state index contributed by atoms with van der Waals surface area (Å²) >= 11 is 0. The Balaban J connectivity index is 1.48. The number of piperidine rings is 2. The summed E-state index contributed by atoms with van der Waals surface area (Å²) in [4.78, 5) is 16.0. The highest BCUT2D eigenvalue weighted by atomic mass is 16.5. The molecule has 0 radical (unpaired) electrons. The summed E-state index contributed by atoms with van der Waals surface area (Å²) in [6, 6.07) is 12.8. The Morgan fingerprint density at radius 3 is 2.73 bits per heavy atom. The van der Waals surface area contributed by atoms with Crippen LogP contribution in [0, 0.1) is 5.92 Å². The fraction of sp³-hybridized carbons (Fsp3) is 0.519. The molecule has 6 nitrogen and oxygen atoms in total. The second-order valence-electron chi connectivity index (χ2n) is 9.63. The van der Waals surface area contributed by atoms with Crippen molar-refractivity contribution in [2.24, 2.45) is 5.92 Å². The quantitative estimate of drug-likeness (QED) is 0.726. The molecule has 0 aromatic heterocycles. The van der Waals surface area contributed by atoms with E-state index < -0.39 is 0 Å². The van der Waals surface area contributed by atoms with Gasteiger partial charge in [0.05, 0.1) is 25.8 Å². The van der Waals surface area contributed by atoms with Gasteiger partial charge in [-0.05, 0) is 62.3 Å². The third-order valence-corrected chi connectivity index (χ3v) is 7.78. The number of rotatable bonds is 5. The SMILES string of the molecule is COc1c(C(=O)NC(C)c2ccccc2)cc2c(c1OC)[C@H]1C[C@@H]3NCCC[C@@H]3CN1CC2. The zero-order chi connectivity index (χ0) is 22.9. The standard InChI is InChI=1S/C27H35N3O3/c1-17(18-8-5-4-6-9-18)29-27(31)21-14-19-11-13-30-16-20-10-7-12-28-22(20)15-23(30)24(19)26(33-3)25(21)32-2/h4-6,8-9,14,17,20,22-23,28H,7,10-13,15-16H2,1-3H3,(H,29,31)/t17?,20-,22+,23-/m1/s1. The molecule has 0 spiro atoms. The Hall–Kier alpha value is -2.57. The molecule has 5 rings (SSSR count). The molecule has 0 aliphatic carbocycles. The summed E-state index contributed by atoms with van der Waals surface area (Å²) in [7, 11) is 3.32. The van der Waals surface area contributed by atoms with E-state index in [1.807, 2.05) is 43.3 Å². The fourth-order valence-electron chi connectivity index (χ4n) is 6.10. The molecule has 3 aliphatic rings. The van der Waals surface area contributed by atoms with E-state index in [1.54, 1.807) is 14.2 Å². The van der Waals surface area contributed by atoms with Crippen LogP contribution in [0.25, 0.3) is 0 Å². The normalized spacial score (nSPS) is 25.2. The summed E-state index contributed by atoms with van der Waals surface area (Å²) in [6.07, 6.45) is 4.58. The molecule has 1 amide bonds. The van der Waals surface area contributed by atoms with Gasteiger partial charge in [-0.15, -0.1) is 0 Å². The zero-order valence-electron chi connectivity index (χ0n) is 19.9. The molecule has 4 atom stereocenters. The fourth-order valence-corrected chi connectivity index (χ4v) is 6.10. The molecule has 0 bridgehead atoms. The monoisotopic (exact) mass is 449 g/mol. The van der Waals surface area contributed by atoms with Crippen LogP contribution in [0.5, 0.6) is 11.5 Å². The number of hydrogen-bond acceptors (Lipinski definition) is 5. The second kappa shape index (κ2) is 9.35. The molecule has 1 unspecified atom stereocenters. The predicted molar refractivity (Wildman–Crippen MR) is 129 cm³/mol. The summed E-state index contributed by atoms with van der Waals surface area (Å²) in [5.74, 6) is 1.85. The van der Waals surface area contributed by atoms with Crippen molar-refractivity contribution in [3.63, 3.8) is 0 Å². The van der Waals surface area contributed by atoms with Gasteiger partial charge >= 0.3 is 0 Å². The van der Waals surface area contributed by atoms with Crippen molar-refractivity contribution < 1.29 is 14.3 Å². The van der Waals surface area contributed by atoms with Crippen LogP contribution in [0.15, 0.2) is 36.4 Å². The van der Waals surface area contributed by atoms with E-state index >= 15 is 0 Å². The number of hydrogen-bond donors (Lipinski definition) is 2. The number of fused-ring (bicyclic) bond motifs is 4. The minimum absolute atomic E-state index is 0.103. The first kappa shape index (κ1) is 22.2. The first-order chi connectivity index (χ1) is 16.1. The minimum Gasteiger partial charge on any atom is -0.492 e. The van der Waals surface area contributed by atoms with Crippen molar-refractivity contribution >= 4 is 5.91 Å². The van der Waals surface area contributed by atoms with Crippen LogP contribution >= 0.6 is 0 Å². The van der Waals surface area contributed by atoms with E-state index in [9.17, 15) is 4.79 Å². The van der Waals surface area contributed by atoms with Crippen molar-refractivity contribution in [3.8, 4) is 11.5 Å². The molecule has 33 heavy (non-hydrogen) atoms. The lowest BCUT2D eigenvalue weighted by atomic mass is 9.77. The molecule has 176 valence electrons. The maximum absolute atomic E-state index is 13.4. The second-order valence-corrected chi connectivity index (χ2v) is 9.63. The number of benzene rings is 2. The zero-order valence-corrected chi connectivity index (χ0v) is 19.9. The highest BCUT2D eigenvalue weighted by Crippen LogP contribution is 2.48. The molecule has 2 fully saturated rings. The van der Waals surface area contributed by atoms with E-state index in [-0.39, 0.29) is 11.9 Å². The van der Waals surface area contributed by atoms with Crippen LogP contribution in [0.3, 0.4) is 0 Å². The first-order valence-corrected chi connectivity index (χ1v) is 12.2. The maximum Gasteiger partial charge on any atom is 0.255 e. The molecular weight excluding hydrogens is 414 g/mol. The molecule has 6 heteroatoms.